The number of halogens is 4. The molecule has 0 fully saturated rings. The van der Waals surface area contributed by atoms with Crippen molar-refractivity contribution < 1.29 is 32.2 Å². The minimum atomic E-state index is -4.53. The molecule has 0 radical (unpaired) electrons. The van der Waals surface area contributed by atoms with Crippen LogP contribution in [0.25, 0.3) is 0 Å². The zero-order valence-corrected chi connectivity index (χ0v) is 18.0. The largest absolute Gasteiger partial charge is 0.487 e. The van der Waals surface area contributed by atoms with E-state index in [0.717, 1.165) is 12.1 Å². The summed E-state index contributed by atoms with van der Waals surface area (Å²) >= 11 is 5.94. The van der Waals surface area contributed by atoms with Crippen LogP contribution in [-0.4, -0.2) is 37.2 Å². The van der Waals surface area contributed by atoms with E-state index >= 15 is 0 Å². The maximum Gasteiger partial charge on any atom is 0.416 e. The minimum absolute atomic E-state index is 0.0574. The van der Waals surface area contributed by atoms with Crippen molar-refractivity contribution in [2.75, 3.05) is 20.3 Å². The molecule has 0 unspecified atom stereocenters. The van der Waals surface area contributed by atoms with Gasteiger partial charge >= 0.3 is 18.2 Å². The number of rotatable bonds is 6. The molecule has 0 bridgehead atoms. The summed E-state index contributed by atoms with van der Waals surface area (Å²) in [4.78, 5) is 26.6. The summed E-state index contributed by atoms with van der Waals surface area (Å²) in [7, 11) is 1.43. The number of ether oxygens (including phenoxy) is 2. The lowest BCUT2D eigenvalue weighted by molar-refractivity contribution is -0.139. The lowest BCUT2D eigenvalue weighted by Crippen LogP contribution is -2.48. The van der Waals surface area contributed by atoms with Gasteiger partial charge in [-0.2, -0.15) is 13.2 Å². The van der Waals surface area contributed by atoms with Crippen molar-refractivity contribution in [2.45, 2.75) is 19.1 Å². The average Bonchev–Trinajstić information content (AvgIpc) is 2.74. The summed E-state index contributed by atoms with van der Waals surface area (Å²) in [6.07, 6.45) is -4.53. The summed E-state index contributed by atoms with van der Waals surface area (Å²) in [5, 5.41) is 3.20. The van der Waals surface area contributed by atoms with Crippen LogP contribution in [-0.2, 0) is 15.7 Å². The molecule has 1 N–H and O–H groups in total. The molecule has 0 spiro atoms. The number of nitrogens with one attached hydrogen (secondary N) is 1. The van der Waals surface area contributed by atoms with Gasteiger partial charge in [0.1, 0.15) is 12.4 Å². The van der Waals surface area contributed by atoms with Gasteiger partial charge in [-0.1, -0.05) is 29.8 Å². The van der Waals surface area contributed by atoms with Gasteiger partial charge in [-0.3, -0.25) is 4.90 Å². The maximum absolute atomic E-state index is 13.0. The Kier molecular flexibility index (Phi) is 6.98. The summed E-state index contributed by atoms with van der Waals surface area (Å²) in [5.41, 5.74) is -0.00772. The molecule has 2 amide bonds. The molecular weight excluding hydrogens is 449 g/mol. The van der Waals surface area contributed by atoms with Gasteiger partial charge in [0.25, 0.3) is 0 Å². The Labute approximate surface area is 187 Å². The molecule has 0 aromatic heterocycles. The van der Waals surface area contributed by atoms with Gasteiger partial charge < -0.3 is 14.8 Å². The quantitative estimate of drug-likeness (QED) is 0.609. The first-order valence-electron chi connectivity index (χ1n) is 9.61. The molecule has 0 saturated heterocycles. The van der Waals surface area contributed by atoms with Crippen molar-refractivity contribution >= 4 is 23.6 Å². The lowest BCUT2D eigenvalue weighted by atomic mass is 9.95. The zero-order chi connectivity index (χ0) is 23.5. The van der Waals surface area contributed by atoms with E-state index in [2.05, 4.69) is 5.32 Å². The monoisotopic (exact) mass is 468 g/mol. The van der Waals surface area contributed by atoms with Gasteiger partial charge in [0, 0.05) is 12.1 Å². The highest BCUT2D eigenvalue weighted by molar-refractivity contribution is 6.30. The number of esters is 1. The molecule has 1 aliphatic heterocycles. The summed E-state index contributed by atoms with van der Waals surface area (Å²) in [6, 6.07) is 9.53. The Morgan fingerprint density at radius 1 is 1.19 bits per heavy atom. The standard InChI is InChI=1S/C22H20ClF3N2O4/c1-3-31-20(29)18-17(12-32-16-6-4-5-14(11-16)22(24,25)26)28(2)21(30)27-19(18)13-7-9-15(23)10-8-13/h4-11,19H,3,12H2,1-2H3,(H,27,30)/t19-/m0/s1. The van der Waals surface area contributed by atoms with Crippen LogP contribution >= 0.6 is 11.6 Å². The first kappa shape index (κ1) is 23.5. The van der Waals surface area contributed by atoms with Crippen LogP contribution in [0.1, 0.15) is 24.1 Å². The first-order chi connectivity index (χ1) is 15.1. The van der Waals surface area contributed by atoms with E-state index < -0.39 is 29.8 Å². The molecule has 32 heavy (non-hydrogen) atoms. The molecule has 10 heteroatoms. The van der Waals surface area contributed by atoms with E-state index in [1.165, 1.54) is 24.1 Å². The Balaban J connectivity index is 2.00. The molecule has 0 saturated carbocycles. The zero-order valence-electron chi connectivity index (χ0n) is 17.2. The molecular formula is C22H20ClF3N2O4. The van der Waals surface area contributed by atoms with Gasteiger partial charge in [0.15, 0.2) is 0 Å². The summed E-state index contributed by atoms with van der Waals surface area (Å²) in [5.74, 6) is -0.736. The highest BCUT2D eigenvalue weighted by atomic mass is 35.5. The number of alkyl halides is 3. The predicted molar refractivity (Wildman–Crippen MR) is 111 cm³/mol. The fourth-order valence-electron chi connectivity index (χ4n) is 3.20. The number of urea groups is 1. The second-order valence-electron chi connectivity index (χ2n) is 6.89. The molecule has 2 aromatic carbocycles. The third-order valence-corrected chi connectivity index (χ3v) is 5.06. The Bertz CT molecular complexity index is 1040. The topological polar surface area (TPSA) is 67.9 Å². The highest BCUT2D eigenvalue weighted by Gasteiger charge is 2.37. The van der Waals surface area contributed by atoms with Crippen LogP contribution in [0.5, 0.6) is 5.75 Å². The lowest BCUT2D eigenvalue weighted by Gasteiger charge is -2.34. The SMILES string of the molecule is CCOC(=O)C1=C(COc2cccc(C(F)(F)F)c2)N(C)C(=O)N[C@H]1c1ccc(Cl)cc1. The molecule has 2 aromatic rings. The van der Waals surface area contributed by atoms with Gasteiger partial charge in [-0.25, -0.2) is 9.59 Å². The second-order valence-corrected chi connectivity index (χ2v) is 7.32. The molecule has 1 aliphatic rings. The van der Waals surface area contributed by atoms with Crippen molar-refractivity contribution in [3.05, 3.63) is 76.0 Å². The van der Waals surface area contributed by atoms with Gasteiger partial charge in [0.2, 0.25) is 0 Å². The normalized spacial score (nSPS) is 16.6. The third-order valence-electron chi connectivity index (χ3n) is 4.81. The second kappa shape index (κ2) is 9.52. The van der Waals surface area contributed by atoms with Crippen LogP contribution in [0.4, 0.5) is 18.0 Å². The summed E-state index contributed by atoms with van der Waals surface area (Å²) in [6.45, 7) is 1.40. The van der Waals surface area contributed by atoms with Crippen molar-refractivity contribution in [3.8, 4) is 5.75 Å². The smallest absolute Gasteiger partial charge is 0.416 e. The Hall–Kier alpha value is -3.20. The van der Waals surface area contributed by atoms with Crippen LogP contribution < -0.4 is 10.1 Å². The van der Waals surface area contributed by atoms with Crippen molar-refractivity contribution in [3.63, 3.8) is 0 Å². The third kappa shape index (κ3) is 5.16. The maximum atomic E-state index is 13.0. The van der Waals surface area contributed by atoms with E-state index in [1.807, 2.05) is 0 Å². The van der Waals surface area contributed by atoms with Crippen LogP contribution in [0.2, 0.25) is 5.02 Å². The molecule has 3 rings (SSSR count). The van der Waals surface area contributed by atoms with E-state index in [0.29, 0.717) is 10.6 Å². The van der Waals surface area contributed by atoms with Crippen LogP contribution in [0.3, 0.4) is 0 Å². The number of hydrogen-bond donors (Lipinski definition) is 1. The van der Waals surface area contributed by atoms with E-state index in [1.54, 1.807) is 31.2 Å². The van der Waals surface area contributed by atoms with Crippen molar-refractivity contribution in [2.24, 2.45) is 0 Å². The minimum Gasteiger partial charge on any atom is -0.487 e. The molecule has 1 atom stereocenters. The Morgan fingerprint density at radius 3 is 2.50 bits per heavy atom. The Morgan fingerprint density at radius 2 is 1.88 bits per heavy atom. The predicted octanol–water partition coefficient (Wildman–Crippen LogP) is 4.95. The molecule has 6 nitrogen and oxygen atoms in total. The molecule has 0 aliphatic carbocycles. The van der Waals surface area contributed by atoms with Crippen molar-refractivity contribution in [1.82, 2.24) is 10.2 Å². The van der Waals surface area contributed by atoms with E-state index in [-0.39, 0.29) is 30.2 Å². The van der Waals surface area contributed by atoms with E-state index in [4.69, 9.17) is 21.1 Å². The van der Waals surface area contributed by atoms with Crippen molar-refractivity contribution in [1.29, 1.82) is 0 Å². The first-order valence-corrected chi connectivity index (χ1v) is 9.99. The number of benzene rings is 2. The van der Waals surface area contributed by atoms with Gasteiger partial charge in [0.05, 0.1) is 29.5 Å². The van der Waals surface area contributed by atoms with Gasteiger partial charge in [-0.15, -0.1) is 0 Å². The number of likely N-dealkylation sites (N-methyl/N-ethyl adjacent to an activating group) is 1. The fraction of sp³-hybridized carbons (Fsp3) is 0.273. The van der Waals surface area contributed by atoms with E-state index in [9.17, 15) is 22.8 Å². The highest BCUT2D eigenvalue weighted by Crippen LogP contribution is 2.34. The number of carbonyl (C=O) groups excluding carboxylic acids is 2. The molecule has 170 valence electrons. The fourth-order valence-corrected chi connectivity index (χ4v) is 3.33. The van der Waals surface area contributed by atoms with Crippen LogP contribution in [0, 0.1) is 0 Å². The number of carbonyl (C=O) groups is 2. The number of hydrogen-bond acceptors (Lipinski definition) is 4. The number of amides is 2. The average molecular weight is 469 g/mol. The summed E-state index contributed by atoms with van der Waals surface area (Å²) < 4.78 is 49.7. The molecule has 1 heterocycles. The number of nitrogens with zero attached hydrogens (tertiary/aromatic N) is 1. The van der Waals surface area contributed by atoms with Crippen LogP contribution in [0.15, 0.2) is 59.8 Å². The van der Waals surface area contributed by atoms with Gasteiger partial charge in [-0.05, 0) is 42.8 Å².